The molecule has 0 bridgehead atoms. The summed E-state index contributed by atoms with van der Waals surface area (Å²) in [6.07, 6.45) is 4.82. The van der Waals surface area contributed by atoms with Gasteiger partial charge in [-0.05, 0) is 19.1 Å². The molecular formula is C16H20N6O3. The Morgan fingerprint density at radius 3 is 3.12 bits per heavy atom. The van der Waals surface area contributed by atoms with Crippen molar-refractivity contribution in [3.05, 3.63) is 36.7 Å². The smallest absolute Gasteiger partial charge is 0.246 e. The lowest BCUT2D eigenvalue weighted by Crippen LogP contribution is -2.30. The van der Waals surface area contributed by atoms with Crippen LogP contribution >= 0.6 is 0 Å². The average Bonchev–Trinajstić information content (AvgIpc) is 3.28. The number of anilines is 1. The Hall–Kier alpha value is -2.94. The van der Waals surface area contributed by atoms with Crippen molar-refractivity contribution < 1.29 is 13.9 Å². The summed E-state index contributed by atoms with van der Waals surface area (Å²) in [6.45, 7) is 3.91. The van der Waals surface area contributed by atoms with Crippen LogP contribution in [0.25, 0.3) is 11.0 Å². The molecule has 132 valence electrons. The van der Waals surface area contributed by atoms with E-state index in [0.717, 1.165) is 11.1 Å². The first-order valence-electron chi connectivity index (χ1n) is 8.05. The van der Waals surface area contributed by atoms with Gasteiger partial charge in [0, 0.05) is 13.2 Å². The number of amides is 1. The number of nitrogens with zero attached hydrogens (tertiary/aromatic N) is 4. The lowest BCUT2D eigenvalue weighted by molar-refractivity contribution is -0.125. The molecule has 0 radical (unpaired) electrons. The Balaban J connectivity index is 1.61. The van der Waals surface area contributed by atoms with Crippen molar-refractivity contribution in [1.82, 2.24) is 25.1 Å². The normalized spacial score (nSPS) is 10.9. The third-order valence-electron chi connectivity index (χ3n) is 3.53. The zero-order chi connectivity index (χ0) is 17.5. The van der Waals surface area contributed by atoms with Gasteiger partial charge in [-0.25, -0.2) is 14.6 Å². The molecule has 3 aromatic heterocycles. The Morgan fingerprint density at radius 2 is 2.32 bits per heavy atom. The molecule has 0 saturated carbocycles. The van der Waals surface area contributed by atoms with Crippen LogP contribution in [0.5, 0.6) is 0 Å². The number of hydrogen-bond acceptors (Lipinski definition) is 7. The molecule has 0 aliphatic rings. The number of rotatable bonds is 9. The van der Waals surface area contributed by atoms with E-state index in [1.165, 1.54) is 6.33 Å². The number of aromatic nitrogens is 4. The summed E-state index contributed by atoms with van der Waals surface area (Å²) in [5.41, 5.74) is 0.705. The van der Waals surface area contributed by atoms with Gasteiger partial charge < -0.3 is 19.8 Å². The molecular weight excluding hydrogens is 324 g/mol. The molecule has 0 aliphatic heterocycles. The summed E-state index contributed by atoms with van der Waals surface area (Å²) in [5, 5.41) is 11.1. The molecule has 3 rings (SSSR count). The second-order valence-corrected chi connectivity index (χ2v) is 5.25. The van der Waals surface area contributed by atoms with Crippen LogP contribution in [0.3, 0.4) is 0 Å². The van der Waals surface area contributed by atoms with Crippen LogP contribution in [0.1, 0.15) is 12.7 Å². The molecule has 0 saturated heterocycles. The predicted molar refractivity (Wildman–Crippen MR) is 90.9 cm³/mol. The van der Waals surface area contributed by atoms with Crippen molar-refractivity contribution in [1.29, 1.82) is 0 Å². The van der Waals surface area contributed by atoms with E-state index >= 15 is 0 Å². The van der Waals surface area contributed by atoms with Gasteiger partial charge >= 0.3 is 0 Å². The second kappa shape index (κ2) is 8.25. The maximum atomic E-state index is 11.5. The average molecular weight is 344 g/mol. The Bertz CT molecular complexity index is 815. The zero-order valence-corrected chi connectivity index (χ0v) is 13.9. The van der Waals surface area contributed by atoms with Crippen molar-refractivity contribution in [2.45, 2.75) is 20.0 Å². The maximum Gasteiger partial charge on any atom is 0.246 e. The van der Waals surface area contributed by atoms with Crippen molar-refractivity contribution in [3.8, 4) is 0 Å². The van der Waals surface area contributed by atoms with Crippen molar-refractivity contribution in [2.75, 3.05) is 25.1 Å². The van der Waals surface area contributed by atoms with E-state index in [1.54, 1.807) is 17.1 Å². The summed E-state index contributed by atoms with van der Waals surface area (Å²) >= 11 is 0. The first kappa shape index (κ1) is 16.9. The minimum absolute atomic E-state index is 0.0688. The standard InChI is InChI=1S/C16H20N6O3/c1-2-24-10-14(23)17-5-6-22-16-13(9-21-22)15(19-11-20-16)18-8-12-4-3-7-25-12/h3-4,7,9,11H,2,5-6,8,10H2,1H3,(H,17,23)(H,18,19,20). The van der Waals surface area contributed by atoms with Crippen molar-refractivity contribution in [2.24, 2.45) is 0 Å². The third-order valence-corrected chi connectivity index (χ3v) is 3.53. The highest BCUT2D eigenvalue weighted by Crippen LogP contribution is 2.19. The number of hydrogen-bond donors (Lipinski definition) is 2. The quantitative estimate of drug-likeness (QED) is 0.600. The summed E-state index contributed by atoms with van der Waals surface area (Å²) in [4.78, 5) is 20.1. The van der Waals surface area contributed by atoms with Gasteiger partial charge in [0.25, 0.3) is 0 Å². The van der Waals surface area contributed by atoms with Gasteiger partial charge in [0.05, 0.1) is 30.9 Å². The van der Waals surface area contributed by atoms with Crippen LogP contribution in [-0.4, -0.2) is 45.4 Å². The number of furan rings is 1. The first-order chi connectivity index (χ1) is 12.3. The second-order valence-electron chi connectivity index (χ2n) is 5.25. The van der Waals surface area contributed by atoms with Gasteiger partial charge in [-0.2, -0.15) is 5.10 Å². The van der Waals surface area contributed by atoms with Gasteiger partial charge in [0.15, 0.2) is 5.65 Å². The molecule has 3 heterocycles. The Kier molecular flexibility index (Phi) is 5.57. The van der Waals surface area contributed by atoms with E-state index in [2.05, 4.69) is 25.7 Å². The molecule has 0 atom stereocenters. The van der Waals surface area contributed by atoms with Crippen LogP contribution < -0.4 is 10.6 Å². The SMILES string of the molecule is CCOCC(=O)NCCn1ncc2c(NCc3ccco3)ncnc21. The largest absolute Gasteiger partial charge is 0.467 e. The van der Waals surface area contributed by atoms with Crippen LogP contribution in [-0.2, 0) is 22.6 Å². The third kappa shape index (κ3) is 4.32. The molecule has 2 N–H and O–H groups in total. The number of carbonyl (C=O) groups excluding carboxylic acids is 1. The minimum Gasteiger partial charge on any atom is -0.467 e. The van der Waals surface area contributed by atoms with E-state index in [9.17, 15) is 4.79 Å². The van der Waals surface area contributed by atoms with E-state index < -0.39 is 0 Å². The van der Waals surface area contributed by atoms with E-state index in [0.29, 0.717) is 37.7 Å². The molecule has 3 aromatic rings. The topological polar surface area (TPSA) is 107 Å². The minimum atomic E-state index is -0.145. The van der Waals surface area contributed by atoms with E-state index in [4.69, 9.17) is 9.15 Å². The van der Waals surface area contributed by atoms with Gasteiger partial charge in [-0.15, -0.1) is 0 Å². The molecule has 1 amide bonds. The monoisotopic (exact) mass is 344 g/mol. The van der Waals surface area contributed by atoms with Crippen molar-refractivity contribution in [3.63, 3.8) is 0 Å². The van der Waals surface area contributed by atoms with Crippen LogP contribution in [0.15, 0.2) is 35.3 Å². The Morgan fingerprint density at radius 1 is 1.40 bits per heavy atom. The molecule has 0 spiro atoms. The number of carbonyl (C=O) groups is 1. The maximum absolute atomic E-state index is 11.5. The Labute approximate surface area is 144 Å². The molecule has 25 heavy (non-hydrogen) atoms. The molecule has 0 unspecified atom stereocenters. The lowest BCUT2D eigenvalue weighted by atomic mass is 10.3. The fourth-order valence-corrected chi connectivity index (χ4v) is 2.33. The highest BCUT2D eigenvalue weighted by Gasteiger charge is 2.10. The zero-order valence-electron chi connectivity index (χ0n) is 13.9. The highest BCUT2D eigenvalue weighted by atomic mass is 16.5. The summed E-state index contributed by atoms with van der Waals surface area (Å²) in [5.74, 6) is 1.36. The molecule has 9 nitrogen and oxygen atoms in total. The molecule has 0 aromatic carbocycles. The summed E-state index contributed by atoms with van der Waals surface area (Å²) < 4.78 is 12.1. The summed E-state index contributed by atoms with van der Waals surface area (Å²) in [6, 6.07) is 3.73. The summed E-state index contributed by atoms with van der Waals surface area (Å²) in [7, 11) is 0. The van der Waals surface area contributed by atoms with Crippen molar-refractivity contribution >= 4 is 22.8 Å². The van der Waals surface area contributed by atoms with Crippen LogP contribution in [0.2, 0.25) is 0 Å². The molecule has 9 heteroatoms. The fraction of sp³-hybridized carbons (Fsp3) is 0.375. The van der Waals surface area contributed by atoms with Crippen LogP contribution in [0.4, 0.5) is 5.82 Å². The van der Waals surface area contributed by atoms with Crippen LogP contribution in [0, 0.1) is 0 Å². The van der Waals surface area contributed by atoms with E-state index in [-0.39, 0.29) is 12.5 Å². The van der Waals surface area contributed by atoms with Gasteiger partial charge in [-0.3, -0.25) is 4.79 Å². The fourth-order valence-electron chi connectivity index (χ4n) is 2.33. The number of fused-ring (bicyclic) bond motifs is 1. The first-order valence-corrected chi connectivity index (χ1v) is 8.05. The van der Waals surface area contributed by atoms with E-state index in [1.807, 2.05) is 19.1 Å². The predicted octanol–water partition coefficient (Wildman–Crippen LogP) is 1.18. The van der Waals surface area contributed by atoms with Gasteiger partial charge in [0.2, 0.25) is 5.91 Å². The molecule has 0 aliphatic carbocycles. The van der Waals surface area contributed by atoms with Gasteiger partial charge in [-0.1, -0.05) is 0 Å². The number of nitrogens with one attached hydrogen (secondary N) is 2. The number of ether oxygens (including phenoxy) is 1. The molecule has 0 fully saturated rings. The highest BCUT2D eigenvalue weighted by molar-refractivity contribution is 5.86. The van der Waals surface area contributed by atoms with Gasteiger partial charge in [0.1, 0.15) is 24.5 Å². The lowest BCUT2D eigenvalue weighted by Gasteiger charge is -2.07.